The molecule has 5 heteroatoms. The van der Waals surface area contributed by atoms with Crippen LogP contribution in [0.5, 0.6) is 11.5 Å². The van der Waals surface area contributed by atoms with E-state index < -0.39 is 0 Å². The summed E-state index contributed by atoms with van der Waals surface area (Å²) in [4.78, 5) is 3.79. The van der Waals surface area contributed by atoms with E-state index >= 15 is 0 Å². The van der Waals surface area contributed by atoms with E-state index in [1.165, 1.54) is 57.6 Å². The van der Waals surface area contributed by atoms with Crippen molar-refractivity contribution in [2.75, 3.05) is 32.8 Å². The summed E-state index contributed by atoms with van der Waals surface area (Å²) >= 11 is 1.86. The molecule has 5 rings (SSSR count). The van der Waals surface area contributed by atoms with Gasteiger partial charge in [-0.25, -0.2) is 0 Å². The quantitative estimate of drug-likeness (QED) is 0.204. The SMILES string of the molecule is N#CCCCOc1ccc(Cc2c(-c3ccc(OCCN4CCCC4)cc3)sc3ccccc23)cc1. The van der Waals surface area contributed by atoms with Crippen molar-refractivity contribution in [1.82, 2.24) is 4.90 Å². The van der Waals surface area contributed by atoms with Crippen molar-refractivity contribution in [3.63, 3.8) is 0 Å². The topological polar surface area (TPSA) is 45.5 Å². The molecule has 0 spiro atoms. The third-order valence-corrected chi connectivity index (χ3v) is 7.96. The maximum Gasteiger partial charge on any atom is 0.119 e. The molecular formula is C31H32N2O2S. The number of nitriles is 1. The Morgan fingerprint density at radius 3 is 2.28 bits per heavy atom. The summed E-state index contributed by atoms with van der Waals surface area (Å²) in [6.07, 6.45) is 4.77. The van der Waals surface area contributed by atoms with Crippen LogP contribution in [0.25, 0.3) is 20.5 Å². The highest BCUT2D eigenvalue weighted by atomic mass is 32.1. The Hall–Kier alpha value is -3.33. The van der Waals surface area contributed by atoms with Gasteiger partial charge >= 0.3 is 0 Å². The van der Waals surface area contributed by atoms with Crippen molar-refractivity contribution in [2.24, 2.45) is 0 Å². The van der Waals surface area contributed by atoms with E-state index in [2.05, 4.69) is 71.6 Å². The summed E-state index contributed by atoms with van der Waals surface area (Å²) < 4.78 is 13.1. The number of ether oxygens (including phenoxy) is 2. The first-order chi connectivity index (χ1) is 17.8. The smallest absolute Gasteiger partial charge is 0.119 e. The first-order valence-corrected chi connectivity index (χ1v) is 13.7. The Bertz CT molecular complexity index is 1300. The molecule has 184 valence electrons. The second-order valence-corrected chi connectivity index (χ2v) is 10.3. The van der Waals surface area contributed by atoms with Crippen LogP contribution >= 0.6 is 11.3 Å². The van der Waals surface area contributed by atoms with Crippen LogP contribution in [0.15, 0.2) is 72.8 Å². The van der Waals surface area contributed by atoms with Gasteiger partial charge in [0.15, 0.2) is 0 Å². The number of nitrogens with zero attached hydrogens (tertiary/aromatic N) is 2. The Kier molecular flexibility index (Phi) is 8.17. The fourth-order valence-electron chi connectivity index (χ4n) is 4.76. The molecule has 0 unspecified atom stereocenters. The maximum atomic E-state index is 8.67. The fraction of sp³-hybridized carbons (Fsp3) is 0.323. The summed E-state index contributed by atoms with van der Waals surface area (Å²) in [6.45, 7) is 4.73. The third kappa shape index (κ3) is 6.07. The molecule has 4 aromatic rings. The Morgan fingerprint density at radius 1 is 0.833 bits per heavy atom. The predicted octanol–water partition coefficient (Wildman–Crippen LogP) is 7.32. The maximum absolute atomic E-state index is 8.67. The standard InChI is InChI=1S/C31H32N2O2S/c32-17-3-6-21-34-26-13-9-24(10-14-26)23-29-28-7-1-2-8-30(28)36-31(29)25-11-15-27(16-12-25)35-22-20-33-18-4-5-19-33/h1-2,7-16H,3-6,18-23H2. The van der Waals surface area contributed by atoms with Gasteiger partial charge in [-0.2, -0.15) is 5.26 Å². The Balaban J connectivity index is 1.30. The monoisotopic (exact) mass is 496 g/mol. The van der Waals surface area contributed by atoms with Gasteiger partial charge in [0, 0.05) is 22.5 Å². The molecule has 4 nitrogen and oxygen atoms in total. The van der Waals surface area contributed by atoms with E-state index in [9.17, 15) is 0 Å². The van der Waals surface area contributed by atoms with Gasteiger partial charge in [0.2, 0.25) is 0 Å². The molecule has 1 fully saturated rings. The molecule has 0 atom stereocenters. The van der Waals surface area contributed by atoms with Gasteiger partial charge in [0.05, 0.1) is 12.7 Å². The highest BCUT2D eigenvalue weighted by Gasteiger charge is 2.15. The van der Waals surface area contributed by atoms with Crippen LogP contribution in [0.3, 0.4) is 0 Å². The van der Waals surface area contributed by atoms with Crippen molar-refractivity contribution < 1.29 is 9.47 Å². The summed E-state index contributed by atoms with van der Waals surface area (Å²) in [5.41, 5.74) is 3.85. The molecule has 0 amide bonds. The van der Waals surface area contributed by atoms with Crippen LogP contribution in [0.1, 0.15) is 36.8 Å². The van der Waals surface area contributed by atoms with Crippen LogP contribution in [0.4, 0.5) is 0 Å². The molecule has 0 radical (unpaired) electrons. The van der Waals surface area contributed by atoms with Gasteiger partial charge < -0.3 is 9.47 Å². The predicted molar refractivity (Wildman–Crippen MR) is 148 cm³/mol. The van der Waals surface area contributed by atoms with Gasteiger partial charge in [0.1, 0.15) is 18.1 Å². The van der Waals surface area contributed by atoms with E-state index in [-0.39, 0.29) is 0 Å². The van der Waals surface area contributed by atoms with Gasteiger partial charge in [-0.1, -0.05) is 30.3 Å². The van der Waals surface area contributed by atoms with Gasteiger partial charge in [-0.3, -0.25) is 4.90 Å². The lowest BCUT2D eigenvalue weighted by Crippen LogP contribution is -2.25. The Labute approximate surface area is 217 Å². The Morgan fingerprint density at radius 2 is 1.53 bits per heavy atom. The minimum Gasteiger partial charge on any atom is -0.494 e. The molecule has 1 aromatic heterocycles. The molecule has 0 saturated carbocycles. The normalized spacial score (nSPS) is 13.6. The molecule has 3 aromatic carbocycles. The molecule has 1 aliphatic rings. The summed E-state index contributed by atoms with van der Waals surface area (Å²) in [5, 5.41) is 9.99. The van der Waals surface area contributed by atoms with E-state index in [0.29, 0.717) is 13.0 Å². The molecule has 36 heavy (non-hydrogen) atoms. The highest BCUT2D eigenvalue weighted by Crippen LogP contribution is 2.40. The van der Waals surface area contributed by atoms with E-state index in [4.69, 9.17) is 14.7 Å². The second-order valence-electron chi connectivity index (χ2n) is 9.26. The van der Waals surface area contributed by atoms with Crippen LogP contribution in [0.2, 0.25) is 0 Å². The average Bonchev–Trinajstić information content (AvgIpc) is 3.56. The molecular weight excluding hydrogens is 464 g/mol. The van der Waals surface area contributed by atoms with E-state index in [0.717, 1.165) is 37.5 Å². The lowest BCUT2D eigenvalue weighted by Gasteiger charge is -2.15. The van der Waals surface area contributed by atoms with Crippen molar-refractivity contribution >= 4 is 21.4 Å². The van der Waals surface area contributed by atoms with Crippen LogP contribution in [0, 0.1) is 11.3 Å². The number of unbranched alkanes of at least 4 members (excludes halogenated alkanes) is 1. The number of fused-ring (bicyclic) bond motifs is 1. The van der Waals surface area contributed by atoms with E-state index in [1.54, 1.807) is 0 Å². The summed E-state index contributed by atoms with van der Waals surface area (Å²) in [5.74, 6) is 1.79. The number of rotatable bonds is 11. The largest absolute Gasteiger partial charge is 0.494 e. The number of benzene rings is 3. The van der Waals surface area contributed by atoms with Crippen LogP contribution in [-0.2, 0) is 6.42 Å². The highest BCUT2D eigenvalue weighted by molar-refractivity contribution is 7.22. The zero-order chi connectivity index (χ0) is 24.6. The molecule has 0 N–H and O–H groups in total. The van der Waals surface area contributed by atoms with Gasteiger partial charge in [-0.15, -0.1) is 11.3 Å². The number of hydrogen-bond donors (Lipinski definition) is 0. The number of likely N-dealkylation sites (tertiary alicyclic amines) is 1. The third-order valence-electron chi connectivity index (χ3n) is 6.70. The number of thiophene rings is 1. The first kappa shape index (κ1) is 24.4. The van der Waals surface area contributed by atoms with Crippen molar-refractivity contribution in [3.05, 3.63) is 83.9 Å². The van der Waals surface area contributed by atoms with Gasteiger partial charge in [-0.05, 0) is 103 Å². The average molecular weight is 497 g/mol. The van der Waals surface area contributed by atoms with Crippen molar-refractivity contribution in [1.29, 1.82) is 5.26 Å². The zero-order valence-corrected chi connectivity index (χ0v) is 21.4. The molecule has 2 heterocycles. The molecule has 0 aliphatic carbocycles. The molecule has 1 saturated heterocycles. The van der Waals surface area contributed by atoms with Crippen LogP contribution < -0.4 is 9.47 Å². The van der Waals surface area contributed by atoms with Crippen molar-refractivity contribution in [2.45, 2.75) is 32.1 Å². The summed E-state index contributed by atoms with van der Waals surface area (Å²) in [6, 6.07) is 27.8. The zero-order valence-electron chi connectivity index (χ0n) is 20.6. The minimum absolute atomic E-state index is 0.526. The molecule has 0 bridgehead atoms. The first-order valence-electron chi connectivity index (χ1n) is 12.8. The fourth-order valence-corrected chi connectivity index (χ4v) is 5.98. The lowest BCUT2D eigenvalue weighted by molar-refractivity contribution is 0.238. The molecule has 1 aliphatic heterocycles. The number of hydrogen-bond acceptors (Lipinski definition) is 5. The minimum atomic E-state index is 0.526. The second kappa shape index (κ2) is 12.1. The van der Waals surface area contributed by atoms with Crippen molar-refractivity contribution in [3.8, 4) is 28.0 Å². The van der Waals surface area contributed by atoms with Gasteiger partial charge in [0.25, 0.3) is 0 Å². The van der Waals surface area contributed by atoms with Crippen LogP contribution in [-0.4, -0.2) is 37.7 Å². The van der Waals surface area contributed by atoms with E-state index in [1.807, 2.05) is 23.5 Å². The summed E-state index contributed by atoms with van der Waals surface area (Å²) in [7, 11) is 0. The lowest BCUT2D eigenvalue weighted by atomic mass is 9.99.